The highest BCUT2D eigenvalue weighted by Gasteiger charge is 2.48. The Morgan fingerprint density at radius 1 is 1.10 bits per heavy atom. The molecule has 0 unspecified atom stereocenters. The number of carbonyl (C=O) groups is 1. The number of rotatable bonds is 8. The molecule has 0 amide bonds. The Morgan fingerprint density at radius 3 is 2.41 bits per heavy atom. The highest BCUT2D eigenvalue weighted by atomic mass is 19.4. The van der Waals surface area contributed by atoms with Crippen LogP contribution in [0.1, 0.15) is 33.6 Å². The molecule has 11 heteroatoms. The van der Waals surface area contributed by atoms with Gasteiger partial charge in [0.1, 0.15) is 29.1 Å². The number of esters is 1. The summed E-state index contributed by atoms with van der Waals surface area (Å²) in [4.78, 5) is 13.9. The van der Waals surface area contributed by atoms with Crippen molar-refractivity contribution in [2.75, 3.05) is 36.7 Å². The molecular weight excluding hydrogens is 518 g/mol. The quantitative estimate of drug-likeness (QED) is 0.304. The van der Waals surface area contributed by atoms with Crippen molar-refractivity contribution < 1.29 is 36.6 Å². The fourth-order valence-electron chi connectivity index (χ4n) is 5.12. The number of piperidine rings is 1. The molecule has 0 N–H and O–H groups in total. The summed E-state index contributed by atoms with van der Waals surface area (Å²) >= 11 is 0. The summed E-state index contributed by atoms with van der Waals surface area (Å²) in [5.41, 5.74) is -0.0221. The number of ether oxygens (including phenoxy) is 3. The Hall–Kier alpha value is -3.50. The molecule has 2 aromatic carbocycles. The summed E-state index contributed by atoms with van der Waals surface area (Å²) < 4.78 is 71.6. The van der Waals surface area contributed by atoms with Gasteiger partial charge < -0.3 is 19.1 Å². The van der Waals surface area contributed by atoms with E-state index in [1.54, 1.807) is 36.4 Å². The molecule has 0 aromatic heterocycles. The summed E-state index contributed by atoms with van der Waals surface area (Å²) in [7, 11) is 1.20. The Kier molecular flexibility index (Phi) is 8.56. The molecule has 4 atom stereocenters. The lowest BCUT2D eigenvalue weighted by molar-refractivity contribution is -0.141. The van der Waals surface area contributed by atoms with Crippen LogP contribution in [0.3, 0.4) is 0 Å². The number of hydrogen-bond donors (Lipinski definition) is 0. The van der Waals surface area contributed by atoms with Gasteiger partial charge in [-0.05, 0) is 43.3 Å². The minimum Gasteiger partial charge on any atom is -0.494 e. The van der Waals surface area contributed by atoms with Crippen molar-refractivity contribution in [2.24, 2.45) is 16.9 Å². The Morgan fingerprint density at radius 2 is 1.79 bits per heavy atom. The van der Waals surface area contributed by atoms with Crippen LogP contribution in [-0.2, 0) is 9.53 Å². The van der Waals surface area contributed by atoms with E-state index in [4.69, 9.17) is 9.47 Å². The number of alkyl halides is 3. The Labute approximate surface area is 225 Å². The first-order valence-corrected chi connectivity index (χ1v) is 13.0. The molecule has 0 saturated carbocycles. The van der Waals surface area contributed by atoms with Crippen molar-refractivity contribution in [3.05, 3.63) is 48.3 Å². The number of benzene rings is 2. The van der Waals surface area contributed by atoms with Gasteiger partial charge >= 0.3 is 12.1 Å². The summed E-state index contributed by atoms with van der Waals surface area (Å²) in [6, 6.07) is 10.5. The topological polar surface area (TPSA) is 63.6 Å². The predicted octanol–water partition coefficient (Wildman–Crippen LogP) is 5.82. The van der Waals surface area contributed by atoms with Gasteiger partial charge in [0.25, 0.3) is 0 Å². The van der Waals surface area contributed by atoms with Gasteiger partial charge in [-0.1, -0.05) is 13.8 Å². The third-order valence-electron chi connectivity index (χ3n) is 7.22. The zero-order chi connectivity index (χ0) is 28.3. The van der Waals surface area contributed by atoms with E-state index in [1.807, 2.05) is 18.7 Å². The van der Waals surface area contributed by atoms with Gasteiger partial charge in [0.05, 0.1) is 37.6 Å². The fourth-order valence-corrected chi connectivity index (χ4v) is 5.12. The maximum absolute atomic E-state index is 14.5. The molecule has 2 aromatic rings. The summed E-state index contributed by atoms with van der Waals surface area (Å²) in [5, 5.41) is 5.07. The number of carbonyl (C=O) groups excluding carboxylic acids is 1. The zero-order valence-electron chi connectivity index (χ0n) is 22.4. The van der Waals surface area contributed by atoms with Crippen LogP contribution in [0.25, 0.3) is 0 Å². The maximum atomic E-state index is 14.5. The van der Waals surface area contributed by atoms with Gasteiger partial charge in [-0.25, -0.2) is 4.39 Å². The van der Waals surface area contributed by atoms with Gasteiger partial charge in [0.2, 0.25) is 0 Å². The molecule has 39 heavy (non-hydrogen) atoms. The van der Waals surface area contributed by atoms with Gasteiger partial charge in [0.15, 0.2) is 0 Å². The van der Waals surface area contributed by atoms with E-state index in [1.165, 1.54) is 25.1 Å². The summed E-state index contributed by atoms with van der Waals surface area (Å²) in [6.45, 7) is 6.99. The average Bonchev–Trinajstić information content (AvgIpc) is 3.23. The van der Waals surface area contributed by atoms with Crippen LogP contribution in [0, 0.1) is 17.7 Å². The van der Waals surface area contributed by atoms with E-state index in [9.17, 15) is 22.4 Å². The fraction of sp³-hybridized carbons (Fsp3) is 0.500. The lowest BCUT2D eigenvalue weighted by Gasteiger charge is -2.38. The second-order valence-electron chi connectivity index (χ2n) is 9.87. The van der Waals surface area contributed by atoms with Crippen LogP contribution < -0.4 is 19.4 Å². The lowest BCUT2D eigenvalue weighted by Crippen LogP contribution is -2.44. The molecule has 0 bridgehead atoms. The van der Waals surface area contributed by atoms with E-state index in [-0.39, 0.29) is 24.3 Å². The second kappa shape index (κ2) is 11.7. The number of methoxy groups -OCH3 is 1. The van der Waals surface area contributed by atoms with Crippen LogP contribution >= 0.6 is 0 Å². The van der Waals surface area contributed by atoms with Gasteiger partial charge in [-0.3, -0.25) is 9.80 Å². The van der Waals surface area contributed by atoms with Crippen LogP contribution in [-0.4, -0.2) is 56.8 Å². The van der Waals surface area contributed by atoms with E-state index >= 15 is 0 Å². The highest BCUT2D eigenvalue weighted by molar-refractivity contribution is 5.96. The van der Waals surface area contributed by atoms with Crippen LogP contribution in [0.2, 0.25) is 0 Å². The molecule has 2 aliphatic heterocycles. The lowest BCUT2D eigenvalue weighted by atomic mass is 9.94. The van der Waals surface area contributed by atoms with E-state index < -0.39 is 29.8 Å². The number of hydrogen-bond acceptors (Lipinski definition) is 7. The van der Waals surface area contributed by atoms with Crippen LogP contribution in [0.4, 0.5) is 28.9 Å². The molecule has 7 nitrogen and oxygen atoms in total. The van der Waals surface area contributed by atoms with E-state index in [0.29, 0.717) is 49.0 Å². The molecular formula is C28H33F4N3O4. The monoisotopic (exact) mass is 551 g/mol. The number of anilines is 2. The standard InChI is InChI=1S/C28H33F4N3O4/c1-5-38-21-10-11-22(29)24(14-21)34-13-12-25(17(2)16-34)39-20-8-6-19(7-9-20)35-23(15-26(36)37-4)18(3)27(33-35)28(30,31)32/h6-11,14,17-18,23,25H,5,12-13,15-16H2,1-4H3/t17-,18+,23+,25-/m1/s1. The van der Waals surface area contributed by atoms with E-state index in [2.05, 4.69) is 9.84 Å². The average molecular weight is 552 g/mol. The largest absolute Gasteiger partial charge is 0.494 e. The molecule has 212 valence electrons. The second-order valence-corrected chi connectivity index (χ2v) is 9.87. The van der Waals surface area contributed by atoms with Crippen molar-refractivity contribution >= 4 is 23.1 Å². The third-order valence-corrected chi connectivity index (χ3v) is 7.22. The maximum Gasteiger partial charge on any atom is 0.431 e. The Bertz CT molecular complexity index is 1190. The number of halogens is 4. The predicted molar refractivity (Wildman–Crippen MR) is 140 cm³/mol. The first kappa shape index (κ1) is 28.5. The molecule has 2 aliphatic rings. The smallest absolute Gasteiger partial charge is 0.431 e. The normalized spacial score (nSPS) is 23.4. The molecule has 0 aliphatic carbocycles. The number of hydrazone groups is 1. The zero-order valence-corrected chi connectivity index (χ0v) is 22.4. The molecule has 0 radical (unpaired) electrons. The minimum atomic E-state index is -4.61. The first-order valence-electron chi connectivity index (χ1n) is 13.0. The van der Waals surface area contributed by atoms with Crippen LogP contribution in [0.5, 0.6) is 11.5 Å². The molecule has 4 rings (SSSR count). The van der Waals surface area contributed by atoms with Gasteiger partial charge in [-0.2, -0.15) is 18.3 Å². The summed E-state index contributed by atoms with van der Waals surface area (Å²) in [5.74, 6) is -0.668. The molecule has 0 spiro atoms. The molecule has 1 saturated heterocycles. The first-order chi connectivity index (χ1) is 18.5. The minimum absolute atomic E-state index is 0.0800. The summed E-state index contributed by atoms with van der Waals surface area (Å²) in [6.07, 6.45) is -4.31. The highest BCUT2D eigenvalue weighted by Crippen LogP contribution is 2.37. The third kappa shape index (κ3) is 6.39. The SMILES string of the molecule is CCOc1ccc(F)c(N2CC[C@@H](Oc3ccc(N4N=C(C(F)(F)F)[C@@H](C)[C@@H]4CC(=O)OC)cc3)[C@H](C)C2)c1. The van der Waals surface area contributed by atoms with Crippen molar-refractivity contribution in [1.29, 1.82) is 0 Å². The number of nitrogens with zero attached hydrogens (tertiary/aromatic N) is 3. The van der Waals surface area contributed by atoms with Crippen molar-refractivity contribution in [3.63, 3.8) is 0 Å². The van der Waals surface area contributed by atoms with Crippen molar-refractivity contribution in [2.45, 2.75) is 51.9 Å². The molecule has 1 fully saturated rings. The van der Waals surface area contributed by atoms with Crippen LogP contribution in [0.15, 0.2) is 47.6 Å². The van der Waals surface area contributed by atoms with E-state index in [0.717, 1.165) is 0 Å². The van der Waals surface area contributed by atoms with Crippen molar-refractivity contribution in [3.8, 4) is 11.5 Å². The van der Waals surface area contributed by atoms with Crippen molar-refractivity contribution in [1.82, 2.24) is 0 Å². The van der Waals surface area contributed by atoms with Gasteiger partial charge in [0, 0.05) is 37.4 Å². The molecule has 2 heterocycles. The van der Waals surface area contributed by atoms with Gasteiger partial charge in [-0.15, -0.1) is 0 Å². The Balaban J connectivity index is 1.44.